The molecule has 0 amide bonds. The number of hydrogen-bond acceptors (Lipinski definition) is 5. The Labute approximate surface area is 109 Å². The molecule has 104 valence electrons. The molecule has 2 aliphatic rings. The Morgan fingerprint density at radius 3 is 2.72 bits per heavy atom. The minimum Gasteiger partial charge on any atom is -0.386 e. The third-order valence-electron chi connectivity index (χ3n) is 3.63. The van der Waals surface area contributed by atoms with Gasteiger partial charge in [-0.25, -0.2) is 0 Å². The maximum Gasteiger partial charge on any atom is 0.112 e. The van der Waals surface area contributed by atoms with Gasteiger partial charge in [0.1, 0.15) is 6.23 Å². The lowest BCUT2D eigenvalue weighted by Gasteiger charge is -2.33. The summed E-state index contributed by atoms with van der Waals surface area (Å²) in [6.45, 7) is 9.41. The number of ether oxygens (including phenoxy) is 1. The van der Waals surface area contributed by atoms with Gasteiger partial charge in [0.05, 0.1) is 0 Å². The van der Waals surface area contributed by atoms with E-state index in [2.05, 4.69) is 22.1 Å². The van der Waals surface area contributed by atoms with Gasteiger partial charge in [-0.1, -0.05) is 6.58 Å². The van der Waals surface area contributed by atoms with Crippen molar-refractivity contribution in [3.8, 4) is 0 Å². The Balaban J connectivity index is 1.68. The highest BCUT2D eigenvalue weighted by molar-refractivity contribution is 4.96. The first-order valence-electron chi connectivity index (χ1n) is 6.90. The maximum absolute atomic E-state index is 10.1. The zero-order chi connectivity index (χ0) is 12.8. The first-order valence-corrected chi connectivity index (χ1v) is 6.90. The van der Waals surface area contributed by atoms with Crippen LogP contribution in [-0.2, 0) is 4.74 Å². The summed E-state index contributed by atoms with van der Waals surface area (Å²) in [5, 5.41) is 16.8. The molecule has 1 unspecified atom stereocenters. The first-order chi connectivity index (χ1) is 8.75. The Morgan fingerprint density at radius 1 is 1.39 bits per heavy atom. The summed E-state index contributed by atoms with van der Waals surface area (Å²) in [5.41, 5.74) is 0.938. The van der Waals surface area contributed by atoms with Crippen LogP contribution in [0, 0.1) is 0 Å². The van der Waals surface area contributed by atoms with Gasteiger partial charge in [0.2, 0.25) is 0 Å². The molecule has 5 heteroatoms. The molecule has 0 aromatic heterocycles. The van der Waals surface area contributed by atoms with E-state index in [1.807, 2.05) is 0 Å². The number of rotatable bonds is 5. The van der Waals surface area contributed by atoms with Crippen LogP contribution in [0.2, 0.25) is 0 Å². The highest BCUT2D eigenvalue weighted by atomic mass is 16.5. The second-order valence-electron chi connectivity index (χ2n) is 5.11. The summed E-state index contributed by atoms with van der Waals surface area (Å²) >= 11 is 0. The van der Waals surface area contributed by atoms with Crippen LogP contribution in [0.15, 0.2) is 12.3 Å². The van der Waals surface area contributed by atoms with Crippen LogP contribution in [0.4, 0.5) is 0 Å². The van der Waals surface area contributed by atoms with Gasteiger partial charge in [0, 0.05) is 57.6 Å². The summed E-state index contributed by atoms with van der Waals surface area (Å²) in [6.07, 6.45) is 2.26. The van der Waals surface area contributed by atoms with E-state index in [-0.39, 0.29) is 0 Å². The van der Waals surface area contributed by atoms with Crippen molar-refractivity contribution in [3.63, 3.8) is 0 Å². The van der Waals surface area contributed by atoms with Crippen molar-refractivity contribution in [1.82, 2.24) is 15.5 Å². The van der Waals surface area contributed by atoms with Crippen LogP contribution in [-0.4, -0.2) is 61.7 Å². The minimum absolute atomic E-state index is 0.410. The molecule has 3 N–H and O–H groups in total. The van der Waals surface area contributed by atoms with E-state index in [9.17, 15) is 5.11 Å². The molecule has 2 saturated heterocycles. The van der Waals surface area contributed by atoms with Gasteiger partial charge >= 0.3 is 0 Å². The number of nitrogens with zero attached hydrogens (tertiary/aromatic N) is 1. The summed E-state index contributed by atoms with van der Waals surface area (Å²) in [7, 11) is 0. The fourth-order valence-electron chi connectivity index (χ4n) is 2.52. The van der Waals surface area contributed by atoms with E-state index in [1.54, 1.807) is 0 Å². The van der Waals surface area contributed by atoms with Crippen LogP contribution >= 0.6 is 0 Å². The largest absolute Gasteiger partial charge is 0.386 e. The molecule has 2 aliphatic heterocycles. The fraction of sp³-hybridized carbons (Fsp3) is 0.846. The molecule has 1 atom stereocenters. The molecule has 0 aliphatic carbocycles. The topological polar surface area (TPSA) is 56.8 Å². The van der Waals surface area contributed by atoms with E-state index >= 15 is 0 Å². The molecule has 0 bridgehead atoms. The van der Waals surface area contributed by atoms with Crippen molar-refractivity contribution in [2.75, 3.05) is 39.4 Å². The van der Waals surface area contributed by atoms with E-state index < -0.39 is 6.23 Å². The molecule has 0 aromatic rings. The second kappa shape index (κ2) is 7.09. The molecule has 0 radical (unpaired) electrons. The smallest absolute Gasteiger partial charge is 0.112 e. The van der Waals surface area contributed by atoms with Crippen molar-refractivity contribution in [1.29, 1.82) is 0 Å². The van der Waals surface area contributed by atoms with Crippen LogP contribution in [0.1, 0.15) is 19.3 Å². The molecule has 18 heavy (non-hydrogen) atoms. The van der Waals surface area contributed by atoms with E-state index in [4.69, 9.17) is 4.74 Å². The van der Waals surface area contributed by atoms with Gasteiger partial charge in [0.25, 0.3) is 0 Å². The normalized spacial score (nSPS) is 24.7. The first kappa shape index (κ1) is 13.8. The summed E-state index contributed by atoms with van der Waals surface area (Å²) in [6, 6.07) is 0.460. The number of nitrogens with one attached hydrogen (secondary N) is 2. The predicted octanol–water partition coefficient (Wildman–Crippen LogP) is -0.118. The molecule has 2 rings (SSSR count). The Bertz CT molecular complexity index is 261. The molecule has 5 nitrogen and oxygen atoms in total. The van der Waals surface area contributed by atoms with Crippen LogP contribution in [0.3, 0.4) is 0 Å². The lowest BCUT2D eigenvalue weighted by atomic mass is 10.1. The van der Waals surface area contributed by atoms with Crippen molar-refractivity contribution in [3.05, 3.63) is 12.3 Å². The van der Waals surface area contributed by atoms with Gasteiger partial charge in [-0.05, 0) is 12.8 Å². The molecule has 0 aromatic carbocycles. The standard InChI is InChI=1S/C13H25N3O2/c1-11(15-12-2-8-18-9-3-12)10-13(17)16-6-4-14-5-7-16/h12-15,17H,1-10H2. The fourth-order valence-corrected chi connectivity index (χ4v) is 2.52. The van der Waals surface area contributed by atoms with Gasteiger partial charge in [-0.3, -0.25) is 4.90 Å². The number of aliphatic hydroxyl groups is 1. The number of piperazine rings is 1. The van der Waals surface area contributed by atoms with E-state index in [0.717, 1.165) is 57.9 Å². The van der Waals surface area contributed by atoms with E-state index in [0.29, 0.717) is 12.5 Å². The molecular weight excluding hydrogens is 230 g/mol. The van der Waals surface area contributed by atoms with Gasteiger partial charge in [-0.2, -0.15) is 0 Å². The van der Waals surface area contributed by atoms with Gasteiger partial charge < -0.3 is 20.5 Å². The molecule has 2 fully saturated rings. The lowest BCUT2D eigenvalue weighted by Crippen LogP contribution is -2.49. The highest BCUT2D eigenvalue weighted by Gasteiger charge is 2.20. The average molecular weight is 255 g/mol. The summed E-state index contributed by atoms with van der Waals surface area (Å²) in [5.74, 6) is 0. The minimum atomic E-state index is -0.410. The predicted molar refractivity (Wildman–Crippen MR) is 71.2 cm³/mol. The van der Waals surface area contributed by atoms with Crippen LogP contribution < -0.4 is 10.6 Å². The van der Waals surface area contributed by atoms with Crippen molar-refractivity contribution < 1.29 is 9.84 Å². The number of aliphatic hydroxyl groups excluding tert-OH is 1. The summed E-state index contributed by atoms with van der Waals surface area (Å²) < 4.78 is 5.32. The number of hydrogen-bond donors (Lipinski definition) is 3. The Kier molecular flexibility index (Phi) is 5.44. The zero-order valence-electron chi connectivity index (χ0n) is 11.0. The molecule has 0 spiro atoms. The van der Waals surface area contributed by atoms with E-state index in [1.165, 1.54) is 0 Å². The Hall–Kier alpha value is -0.620. The molecule has 0 saturated carbocycles. The van der Waals surface area contributed by atoms with Crippen molar-refractivity contribution >= 4 is 0 Å². The van der Waals surface area contributed by atoms with Gasteiger partial charge in [0.15, 0.2) is 0 Å². The van der Waals surface area contributed by atoms with Crippen molar-refractivity contribution in [2.45, 2.75) is 31.5 Å². The quantitative estimate of drug-likeness (QED) is 0.639. The Morgan fingerprint density at radius 2 is 2.06 bits per heavy atom. The van der Waals surface area contributed by atoms with Crippen LogP contribution in [0.25, 0.3) is 0 Å². The maximum atomic E-state index is 10.1. The SMILES string of the molecule is C=C(CC(O)N1CCNCC1)NC1CCOCC1. The monoisotopic (exact) mass is 255 g/mol. The van der Waals surface area contributed by atoms with Gasteiger partial charge in [-0.15, -0.1) is 0 Å². The molecular formula is C13H25N3O2. The van der Waals surface area contributed by atoms with Crippen LogP contribution in [0.5, 0.6) is 0 Å². The second-order valence-corrected chi connectivity index (χ2v) is 5.11. The average Bonchev–Trinajstić information content (AvgIpc) is 2.40. The third-order valence-corrected chi connectivity index (χ3v) is 3.63. The van der Waals surface area contributed by atoms with Crippen molar-refractivity contribution in [2.24, 2.45) is 0 Å². The lowest BCUT2D eigenvalue weighted by molar-refractivity contribution is -0.00430. The third kappa shape index (κ3) is 4.24. The zero-order valence-corrected chi connectivity index (χ0v) is 11.0. The highest BCUT2D eigenvalue weighted by Crippen LogP contribution is 2.12. The molecule has 2 heterocycles. The summed E-state index contributed by atoms with van der Waals surface area (Å²) in [4.78, 5) is 2.10.